The zero-order chi connectivity index (χ0) is 14.7. The predicted molar refractivity (Wildman–Crippen MR) is 81.9 cm³/mol. The molecule has 21 heavy (non-hydrogen) atoms. The SMILES string of the molecule is CCC(NCC1(OC)CCOC1)c1ccc2c(c1)CCO2. The van der Waals surface area contributed by atoms with Crippen molar-refractivity contribution in [3.05, 3.63) is 29.3 Å². The quantitative estimate of drug-likeness (QED) is 0.874. The van der Waals surface area contributed by atoms with Crippen molar-refractivity contribution in [2.45, 2.75) is 37.8 Å². The third kappa shape index (κ3) is 3.07. The van der Waals surface area contributed by atoms with Crippen LogP contribution in [0.2, 0.25) is 0 Å². The summed E-state index contributed by atoms with van der Waals surface area (Å²) in [7, 11) is 1.78. The molecule has 2 aliphatic rings. The maximum absolute atomic E-state index is 5.70. The number of nitrogens with one attached hydrogen (secondary N) is 1. The lowest BCUT2D eigenvalue weighted by atomic mass is 9.98. The first-order chi connectivity index (χ1) is 10.3. The normalized spacial score (nSPS) is 25.6. The first-order valence-corrected chi connectivity index (χ1v) is 7.88. The highest BCUT2D eigenvalue weighted by atomic mass is 16.5. The van der Waals surface area contributed by atoms with Crippen LogP contribution in [0, 0.1) is 0 Å². The molecule has 2 atom stereocenters. The Labute approximate surface area is 126 Å². The number of methoxy groups -OCH3 is 1. The summed E-state index contributed by atoms with van der Waals surface area (Å²) in [6, 6.07) is 6.92. The van der Waals surface area contributed by atoms with Gasteiger partial charge >= 0.3 is 0 Å². The Morgan fingerprint density at radius 2 is 2.29 bits per heavy atom. The third-order valence-corrected chi connectivity index (χ3v) is 4.69. The Hall–Kier alpha value is -1.10. The molecule has 3 rings (SSSR count). The van der Waals surface area contributed by atoms with Gasteiger partial charge in [0.1, 0.15) is 11.4 Å². The van der Waals surface area contributed by atoms with Crippen LogP contribution in [0.5, 0.6) is 5.75 Å². The second-order valence-electron chi connectivity index (χ2n) is 6.00. The number of benzene rings is 1. The van der Waals surface area contributed by atoms with Crippen molar-refractivity contribution < 1.29 is 14.2 Å². The van der Waals surface area contributed by atoms with E-state index in [1.807, 2.05) is 0 Å². The summed E-state index contributed by atoms with van der Waals surface area (Å²) in [4.78, 5) is 0. The van der Waals surface area contributed by atoms with Crippen molar-refractivity contribution in [1.82, 2.24) is 5.32 Å². The molecule has 1 aromatic rings. The summed E-state index contributed by atoms with van der Waals surface area (Å²) in [5.41, 5.74) is 2.51. The summed E-state index contributed by atoms with van der Waals surface area (Å²) in [5, 5.41) is 3.66. The fourth-order valence-corrected chi connectivity index (χ4v) is 3.19. The number of hydrogen-bond acceptors (Lipinski definition) is 4. The van der Waals surface area contributed by atoms with Gasteiger partial charge < -0.3 is 19.5 Å². The van der Waals surface area contributed by atoms with E-state index in [9.17, 15) is 0 Å². The first-order valence-electron chi connectivity index (χ1n) is 7.88. The predicted octanol–water partition coefficient (Wildman–Crippen LogP) is 2.47. The highest BCUT2D eigenvalue weighted by Crippen LogP contribution is 2.30. The van der Waals surface area contributed by atoms with Gasteiger partial charge in [0.25, 0.3) is 0 Å². The molecule has 1 fully saturated rings. The van der Waals surface area contributed by atoms with E-state index in [-0.39, 0.29) is 5.60 Å². The summed E-state index contributed by atoms with van der Waals surface area (Å²) in [6.45, 7) is 5.34. The lowest BCUT2D eigenvalue weighted by Crippen LogP contribution is -2.44. The zero-order valence-corrected chi connectivity index (χ0v) is 13.0. The maximum atomic E-state index is 5.70. The van der Waals surface area contributed by atoms with Crippen LogP contribution in [0.3, 0.4) is 0 Å². The molecule has 2 aliphatic heterocycles. The van der Waals surface area contributed by atoms with Gasteiger partial charge in [0.2, 0.25) is 0 Å². The molecule has 0 bridgehead atoms. The summed E-state index contributed by atoms with van der Waals surface area (Å²) in [5.74, 6) is 1.05. The zero-order valence-electron chi connectivity index (χ0n) is 13.0. The van der Waals surface area contributed by atoms with Gasteiger partial charge in [0.05, 0.1) is 13.2 Å². The van der Waals surface area contributed by atoms with Crippen LogP contribution in [-0.2, 0) is 15.9 Å². The Morgan fingerprint density at radius 1 is 1.38 bits per heavy atom. The van der Waals surface area contributed by atoms with Crippen LogP contribution in [0.25, 0.3) is 0 Å². The average Bonchev–Trinajstić information content (AvgIpc) is 3.17. The molecule has 0 amide bonds. The molecule has 1 N–H and O–H groups in total. The van der Waals surface area contributed by atoms with E-state index in [1.54, 1.807) is 7.11 Å². The topological polar surface area (TPSA) is 39.7 Å². The van der Waals surface area contributed by atoms with E-state index in [0.29, 0.717) is 12.6 Å². The number of rotatable bonds is 6. The van der Waals surface area contributed by atoms with Gasteiger partial charge in [-0.3, -0.25) is 0 Å². The smallest absolute Gasteiger partial charge is 0.122 e. The van der Waals surface area contributed by atoms with E-state index in [4.69, 9.17) is 14.2 Å². The molecular weight excluding hydrogens is 266 g/mol. The second-order valence-corrected chi connectivity index (χ2v) is 6.00. The molecule has 4 heteroatoms. The highest BCUT2D eigenvalue weighted by Gasteiger charge is 2.35. The van der Waals surface area contributed by atoms with Gasteiger partial charge in [-0.1, -0.05) is 19.1 Å². The molecule has 0 spiro atoms. The summed E-state index contributed by atoms with van der Waals surface area (Å²) >= 11 is 0. The highest BCUT2D eigenvalue weighted by molar-refractivity contribution is 5.40. The molecule has 116 valence electrons. The molecule has 0 aromatic heterocycles. The van der Waals surface area contributed by atoms with Gasteiger partial charge in [-0.2, -0.15) is 0 Å². The lowest BCUT2D eigenvalue weighted by Gasteiger charge is -2.29. The Morgan fingerprint density at radius 3 is 3.00 bits per heavy atom. The standard InChI is InChI=1S/C17H25NO3/c1-3-15(18-11-17(19-2)7-9-20-12-17)13-4-5-16-14(10-13)6-8-21-16/h4-5,10,15,18H,3,6-9,11-12H2,1-2H3. The van der Waals surface area contributed by atoms with Crippen LogP contribution in [0.15, 0.2) is 18.2 Å². The van der Waals surface area contributed by atoms with E-state index in [1.165, 1.54) is 11.1 Å². The molecule has 2 unspecified atom stereocenters. The van der Waals surface area contributed by atoms with Crippen LogP contribution in [0.1, 0.15) is 36.9 Å². The molecule has 4 nitrogen and oxygen atoms in total. The van der Waals surface area contributed by atoms with E-state index in [2.05, 4.69) is 30.4 Å². The molecule has 0 radical (unpaired) electrons. The van der Waals surface area contributed by atoms with Crippen molar-refractivity contribution in [3.8, 4) is 5.75 Å². The molecule has 0 saturated carbocycles. The Bertz CT molecular complexity index is 483. The van der Waals surface area contributed by atoms with Gasteiger partial charge in [-0.05, 0) is 23.6 Å². The first kappa shape index (κ1) is 14.8. The van der Waals surface area contributed by atoms with Crippen molar-refractivity contribution in [1.29, 1.82) is 0 Å². The summed E-state index contributed by atoms with van der Waals surface area (Å²) in [6.07, 6.45) is 3.04. The van der Waals surface area contributed by atoms with Gasteiger partial charge in [-0.25, -0.2) is 0 Å². The fraction of sp³-hybridized carbons (Fsp3) is 0.647. The van der Waals surface area contributed by atoms with Crippen LogP contribution < -0.4 is 10.1 Å². The number of hydrogen-bond donors (Lipinski definition) is 1. The minimum Gasteiger partial charge on any atom is -0.493 e. The minimum absolute atomic E-state index is 0.159. The van der Waals surface area contributed by atoms with Crippen molar-refractivity contribution in [2.75, 3.05) is 33.5 Å². The second kappa shape index (κ2) is 6.34. The third-order valence-electron chi connectivity index (χ3n) is 4.69. The van der Waals surface area contributed by atoms with Gasteiger partial charge in [0, 0.05) is 39.1 Å². The molecule has 1 aromatic carbocycles. The summed E-state index contributed by atoms with van der Waals surface area (Å²) < 4.78 is 16.8. The minimum atomic E-state index is -0.159. The van der Waals surface area contributed by atoms with Crippen LogP contribution in [-0.4, -0.2) is 39.1 Å². The number of ether oxygens (including phenoxy) is 3. The van der Waals surface area contributed by atoms with E-state index >= 15 is 0 Å². The van der Waals surface area contributed by atoms with Gasteiger partial charge in [-0.15, -0.1) is 0 Å². The van der Waals surface area contributed by atoms with E-state index < -0.39 is 0 Å². The number of fused-ring (bicyclic) bond motifs is 1. The molecule has 1 saturated heterocycles. The van der Waals surface area contributed by atoms with Crippen molar-refractivity contribution in [3.63, 3.8) is 0 Å². The Balaban J connectivity index is 1.67. The molecule has 2 heterocycles. The monoisotopic (exact) mass is 291 g/mol. The van der Waals surface area contributed by atoms with Crippen molar-refractivity contribution >= 4 is 0 Å². The molecule has 0 aliphatic carbocycles. The lowest BCUT2D eigenvalue weighted by molar-refractivity contribution is -0.0176. The van der Waals surface area contributed by atoms with E-state index in [0.717, 1.165) is 44.8 Å². The van der Waals surface area contributed by atoms with Crippen molar-refractivity contribution in [2.24, 2.45) is 0 Å². The largest absolute Gasteiger partial charge is 0.493 e. The Kier molecular flexibility index (Phi) is 4.48. The maximum Gasteiger partial charge on any atom is 0.122 e. The average molecular weight is 291 g/mol. The molecular formula is C17H25NO3. The van der Waals surface area contributed by atoms with Crippen LogP contribution >= 0.6 is 0 Å². The fourth-order valence-electron chi connectivity index (χ4n) is 3.19. The van der Waals surface area contributed by atoms with Crippen LogP contribution in [0.4, 0.5) is 0 Å². The van der Waals surface area contributed by atoms with Gasteiger partial charge in [0.15, 0.2) is 0 Å².